The van der Waals surface area contributed by atoms with Crippen molar-refractivity contribution >= 4 is 11.5 Å². The highest BCUT2D eigenvalue weighted by Gasteiger charge is 2.15. The van der Waals surface area contributed by atoms with Gasteiger partial charge in [0.25, 0.3) is 0 Å². The fraction of sp³-hybridized carbons (Fsp3) is 0.154. The van der Waals surface area contributed by atoms with Crippen molar-refractivity contribution in [3.8, 4) is 5.75 Å². The minimum atomic E-state index is -1.00. The first kappa shape index (κ1) is 13.7. The molecule has 0 saturated heterocycles. The SMILES string of the molecule is Cn1ccc(C(=O)COc2ccc([N+](=O)[O-])c(F)c2)c1. The number of hydrogen-bond donors (Lipinski definition) is 0. The molecule has 1 aromatic heterocycles. The van der Waals surface area contributed by atoms with E-state index in [0.29, 0.717) is 5.56 Å². The van der Waals surface area contributed by atoms with Crippen molar-refractivity contribution in [1.29, 1.82) is 0 Å². The lowest BCUT2D eigenvalue weighted by molar-refractivity contribution is -0.387. The number of aryl methyl sites for hydroxylation is 1. The third kappa shape index (κ3) is 3.00. The second-order valence-electron chi connectivity index (χ2n) is 4.15. The lowest BCUT2D eigenvalue weighted by Gasteiger charge is -2.04. The molecule has 0 fully saturated rings. The molecule has 2 aromatic rings. The maximum Gasteiger partial charge on any atom is 0.305 e. The third-order valence-corrected chi connectivity index (χ3v) is 2.64. The largest absolute Gasteiger partial charge is 0.485 e. The average Bonchev–Trinajstić information content (AvgIpc) is 2.82. The zero-order valence-corrected chi connectivity index (χ0v) is 10.6. The number of rotatable bonds is 5. The van der Waals surface area contributed by atoms with Crippen molar-refractivity contribution in [1.82, 2.24) is 4.57 Å². The summed E-state index contributed by atoms with van der Waals surface area (Å²) in [5.74, 6) is -1.19. The van der Waals surface area contributed by atoms with Gasteiger partial charge in [-0.15, -0.1) is 0 Å². The molecule has 0 spiro atoms. The van der Waals surface area contributed by atoms with Gasteiger partial charge in [-0.3, -0.25) is 14.9 Å². The fourth-order valence-corrected chi connectivity index (χ4v) is 1.63. The van der Waals surface area contributed by atoms with Gasteiger partial charge in [0.1, 0.15) is 5.75 Å². The molecule has 0 N–H and O–H groups in total. The van der Waals surface area contributed by atoms with Crippen LogP contribution >= 0.6 is 0 Å². The van der Waals surface area contributed by atoms with Crippen molar-refractivity contribution in [2.45, 2.75) is 0 Å². The summed E-state index contributed by atoms with van der Waals surface area (Å²) in [6, 6.07) is 4.77. The quantitative estimate of drug-likeness (QED) is 0.478. The van der Waals surface area contributed by atoms with Gasteiger partial charge in [-0.2, -0.15) is 4.39 Å². The molecule has 104 valence electrons. The van der Waals surface area contributed by atoms with Crippen LogP contribution in [0.4, 0.5) is 10.1 Å². The number of hydrogen-bond acceptors (Lipinski definition) is 4. The molecule has 0 aliphatic heterocycles. The van der Waals surface area contributed by atoms with Gasteiger partial charge in [-0.25, -0.2) is 0 Å². The highest BCUT2D eigenvalue weighted by atomic mass is 19.1. The third-order valence-electron chi connectivity index (χ3n) is 2.64. The van der Waals surface area contributed by atoms with Crippen molar-refractivity contribution in [2.75, 3.05) is 6.61 Å². The highest BCUT2D eigenvalue weighted by Crippen LogP contribution is 2.22. The van der Waals surface area contributed by atoms with E-state index in [0.717, 1.165) is 12.1 Å². The van der Waals surface area contributed by atoms with E-state index in [-0.39, 0.29) is 18.1 Å². The summed E-state index contributed by atoms with van der Waals surface area (Å²) in [4.78, 5) is 21.4. The van der Waals surface area contributed by atoms with Gasteiger partial charge in [0.2, 0.25) is 11.6 Å². The van der Waals surface area contributed by atoms with Gasteiger partial charge >= 0.3 is 5.69 Å². The van der Waals surface area contributed by atoms with Crippen LogP contribution in [-0.4, -0.2) is 21.9 Å². The lowest BCUT2D eigenvalue weighted by atomic mass is 10.2. The van der Waals surface area contributed by atoms with E-state index < -0.39 is 16.4 Å². The van der Waals surface area contributed by atoms with E-state index in [2.05, 4.69) is 0 Å². The normalized spacial score (nSPS) is 10.3. The predicted octanol–water partition coefficient (Wildman–Crippen LogP) is 2.33. The molecule has 1 aromatic carbocycles. The van der Waals surface area contributed by atoms with Crippen LogP contribution in [0.5, 0.6) is 5.75 Å². The first-order valence-electron chi connectivity index (χ1n) is 5.69. The predicted molar refractivity (Wildman–Crippen MR) is 68.3 cm³/mol. The van der Waals surface area contributed by atoms with Crippen LogP contribution in [0.2, 0.25) is 0 Å². The second kappa shape index (κ2) is 5.52. The number of ketones is 1. The Morgan fingerprint density at radius 3 is 2.75 bits per heavy atom. The first-order valence-corrected chi connectivity index (χ1v) is 5.69. The van der Waals surface area contributed by atoms with Crippen LogP contribution in [0.1, 0.15) is 10.4 Å². The van der Waals surface area contributed by atoms with Gasteiger partial charge in [-0.1, -0.05) is 0 Å². The Balaban J connectivity index is 2.02. The van der Waals surface area contributed by atoms with Gasteiger partial charge in [-0.05, 0) is 12.1 Å². The average molecular weight is 278 g/mol. The summed E-state index contributed by atoms with van der Waals surface area (Å²) < 4.78 is 20.2. The van der Waals surface area contributed by atoms with Gasteiger partial charge < -0.3 is 9.30 Å². The molecule has 6 nitrogen and oxygen atoms in total. The molecule has 0 atom stereocenters. The maximum atomic E-state index is 13.3. The number of nitro groups is 1. The summed E-state index contributed by atoms with van der Waals surface area (Å²) >= 11 is 0. The summed E-state index contributed by atoms with van der Waals surface area (Å²) in [7, 11) is 1.78. The van der Waals surface area contributed by atoms with E-state index >= 15 is 0 Å². The van der Waals surface area contributed by atoms with Crippen LogP contribution in [0.15, 0.2) is 36.7 Å². The van der Waals surface area contributed by atoms with E-state index in [1.807, 2.05) is 0 Å². The molecule has 20 heavy (non-hydrogen) atoms. The Kier molecular flexibility index (Phi) is 3.79. The molecule has 7 heteroatoms. The number of ether oxygens (including phenoxy) is 1. The van der Waals surface area contributed by atoms with E-state index in [1.54, 1.807) is 30.1 Å². The maximum absolute atomic E-state index is 13.3. The summed E-state index contributed by atoms with van der Waals surface area (Å²) in [5, 5.41) is 10.5. The number of carbonyl (C=O) groups is 1. The molecule has 0 aliphatic carbocycles. The lowest BCUT2D eigenvalue weighted by Crippen LogP contribution is -2.11. The van der Waals surface area contributed by atoms with E-state index in [1.165, 1.54) is 6.07 Å². The summed E-state index contributed by atoms with van der Waals surface area (Å²) in [5.41, 5.74) is -0.151. The Morgan fingerprint density at radius 1 is 1.45 bits per heavy atom. The van der Waals surface area contributed by atoms with Crippen molar-refractivity contribution < 1.29 is 18.8 Å². The molecular weight excluding hydrogens is 267 g/mol. The number of benzene rings is 1. The number of halogens is 1. The first-order chi connectivity index (χ1) is 9.47. The van der Waals surface area contributed by atoms with Crippen molar-refractivity contribution in [2.24, 2.45) is 7.05 Å². The Morgan fingerprint density at radius 2 is 2.20 bits per heavy atom. The number of Topliss-reactive ketones (excluding diaryl/α,β-unsaturated/α-hetero) is 1. The standard InChI is InChI=1S/C13H11FN2O4/c1-15-5-4-9(7-15)13(17)8-20-10-2-3-12(16(18)19)11(14)6-10/h2-7H,8H2,1H3. The molecule has 0 unspecified atom stereocenters. The molecule has 0 bridgehead atoms. The molecule has 1 heterocycles. The zero-order chi connectivity index (χ0) is 14.7. The number of nitrogens with zero attached hydrogens (tertiary/aromatic N) is 2. The second-order valence-corrected chi connectivity index (χ2v) is 4.15. The molecule has 0 amide bonds. The highest BCUT2D eigenvalue weighted by molar-refractivity contribution is 5.97. The Bertz CT molecular complexity index is 666. The molecule has 0 saturated carbocycles. The van der Waals surface area contributed by atoms with Crippen LogP contribution in [0, 0.1) is 15.9 Å². The van der Waals surface area contributed by atoms with Crippen LogP contribution in [-0.2, 0) is 7.05 Å². The Labute approximate surface area is 113 Å². The monoisotopic (exact) mass is 278 g/mol. The minimum absolute atomic E-state index is 0.0670. The number of carbonyl (C=O) groups excluding carboxylic acids is 1. The van der Waals surface area contributed by atoms with Crippen LogP contribution in [0.25, 0.3) is 0 Å². The van der Waals surface area contributed by atoms with E-state index in [4.69, 9.17) is 4.74 Å². The fourth-order valence-electron chi connectivity index (χ4n) is 1.63. The van der Waals surface area contributed by atoms with Gasteiger partial charge in [0, 0.05) is 37.1 Å². The summed E-state index contributed by atoms with van der Waals surface area (Å²) in [6.07, 6.45) is 3.36. The molecular formula is C13H11FN2O4. The molecule has 0 aliphatic rings. The van der Waals surface area contributed by atoms with Gasteiger partial charge in [0.15, 0.2) is 6.61 Å². The molecule has 0 radical (unpaired) electrons. The Hall–Kier alpha value is -2.70. The van der Waals surface area contributed by atoms with Crippen molar-refractivity contribution in [3.05, 3.63) is 58.2 Å². The van der Waals surface area contributed by atoms with Crippen LogP contribution in [0.3, 0.4) is 0 Å². The summed E-state index contributed by atoms with van der Waals surface area (Å²) in [6.45, 7) is -0.263. The number of aromatic nitrogens is 1. The number of nitro benzene ring substituents is 1. The van der Waals surface area contributed by atoms with Gasteiger partial charge in [0.05, 0.1) is 4.92 Å². The smallest absolute Gasteiger partial charge is 0.305 e. The van der Waals surface area contributed by atoms with Crippen molar-refractivity contribution in [3.63, 3.8) is 0 Å². The minimum Gasteiger partial charge on any atom is -0.485 e. The zero-order valence-electron chi connectivity index (χ0n) is 10.6. The van der Waals surface area contributed by atoms with E-state index in [9.17, 15) is 19.3 Å². The molecule has 2 rings (SSSR count). The van der Waals surface area contributed by atoms with Crippen LogP contribution < -0.4 is 4.74 Å². The topological polar surface area (TPSA) is 74.4 Å².